The average Bonchev–Trinajstić information content (AvgIpc) is 2.78. The zero-order chi connectivity index (χ0) is 20.7. The van der Waals surface area contributed by atoms with Crippen molar-refractivity contribution >= 4 is 33.8 Å². The van der Waals surface area contributed by atoms with Crippen molar-refractivity contribution in [1.82, 2.24) is 0 Å². The van der Waals surface area contributed by atoms with Crippen LogP contribution >= 0.6 is 0 Å². The molecule has 4 heteroatoms. The Morgan fingerprint density at radius 3 is 2.13 bits per heavy atom. The van der Waals surface area contributed by atoms with Crippen LogP contribution in [0.1, 0.15) is 39.4 Å². The number of ketones is 1. The van der Waals surface area contributed by atoms with Gasteiger partial charge in [-0.3, -0.25) is 14.5 Å². The van der Waals surface area contributed by atoms with Gasteiger partial charge >= 0.3 is 0 Å². The summed E-state index contributed by atoms with van der Waals surface area (Å²) in [5, 5.41) is 5.66. The van der Waals surface area contributed by atoms with Crippen LogP contribution in [-0.4, -0.2) is 11.7 Å². The van der Waals surface area contributed by atoms with E-state index in [0.29, 0.717) is 11.1 Å². The first-order chi connectivity index (χ1) is 14.6. The van der Waals surface area contributed by atoms with Crippen molar-refractivity contribution in [2.24, 2.45) is 0 Å². The van der Waals surface area contributed by atoms with E-state index in [1.807, 2.05) is 91.0 Å². The van der Waals surface area contributed by atoms with Crippen molar-refractivity contribution in [2.75, 3.05) is 10.2 Å². The third-order valence-corrected chi connectivity index (χ3v) is 5.55. The number of fused-ring (bicyclic) bond motifs is 2. The van der Waals surface area contributed by atoms with E-state index in [2.05, 4.69) is 5.32 Å². The summed E-state index contributed by atoms with van der Waals surface area (Å²) in [6.45, 7) is 1.55. The number of nitrogens with one attached hydrogen (secondary N) is 1. The summed E-state index contributed by atoms with van der Waals surface area (Å²) in [5.41, 5.74) is 3.84. The van der Waals surface area contributed by atoms with Crippen LogP contribution in [0.3, 0.4) is 0 Å². The molecule has 30 heavy (non-hydrogen) atoms. The Hall–Kier alpha value is -3.92. The lowest BCUT2D eigenvalue weighted by molar-refractivity contribution is 0.0973. The van der Waals surface area contributed by atoms with Gasteiger partial charge in [0.2, 0.25) is 0 Å². The van der Waals surface area contributed by atoms with Crippen LogP contribution in [0.15, 0.2) is 91.0 Å². The number of rotatable bonds is 3. The standard InChI is InChI=1S/C26H20N2O2/c1-17(29)18-11-13-19(14-12-18)25-27-24-16-21-8-6-5-7-20(21)15-23(24)26(30)28(25)22-9-3-2-4-10-22/h2-16,25,27H,1H3. The molecule has 1 atom stereocenters. The Bertz CT molecular complexity index is 1260. The third-order valence-electron chi connectivity index (χ3n) is 5.55. The molecule has 0 saturated heterocycles. The molecule has 0 saturated carbocycles. The van der Waals surface area contributed by atoms with Crippen molar-refractivity contribution in [3.05, 3.63) is 108 Å². The summed E-state index contributed by atoms with van der Waals surface area (Å²) in [5.74, 6) is -0.0349. The summed E-state index contributed by atoms with van der Waals surface area (Å²) in [6, 6.07) is 29.1. The molecule has 0 aromatic heterocycles. The SMILES string of the molecule is CC(=O)c1ccc(C2Nc3cc4ccccc4cc3C(=O)N2c2ccccc2)cc1. The van der Waals surface area contributed by atoms with Crippen LogP contribution < -0.4 is 10.2 Å². The Morgan fingerprint density at radius 2 is 1.47 bits per heavy atom. The number of anilines is 2. The minimum absolute atomic E-state index is 0.0194. The molecule has 0 bridgehead atoms. The molecular weight excluding hydrogens is 372 g/mol. The second-order valence-corrected chi connectivity index (χ2v) is 7.48. The Kier molecular flexibility index (Phi) is 4.32. The van der Waals surface area contributed by atoms with Gasteiger partial charge in [0.15, 0.2) is 5.78 Å². The molecule has 1 aliphatic rings. The van der Waals surface area contributed by atoms with E-state index in [9.17, 15) is 9.59 Å². The predicted octanol–water partition coefficient (Wildman–Crippen LogP) is 5.81. The highest BCUT2D eigenvalue weighted by Gasteiger charge is 2.34. The summed E-state index contributed by atoms with van der Waals surface area (Å²) in [7, 11) is 0. The Balaban J connectivity index is 1.66. The van der Waals surface area contributed by atoms with Gasteiger partial charge in [-0.25, -0.2) is 0 Å². The number of hydrogen-bond acceptors (Lipinski definition) is 3. The fourth-order valence-corrected chi connectivity index (χ4v) is 3.98. The normalized spacial score (nSPS) is 15.6. The van der Waals surface area contributed by atoms with Gasteiger partial charge in [-0.2, -0.15) is 0 Å². The monoisotopic (exact) mass is 392 g/mol. The minimum atomic E-state index is -0.380. The zero-order valence-electron chi connectivity index (χ0n) is 16.5. The molecule has 0 fully saturated rings. The van der Waals surface area contributed by atoms with Crippen molar-refractivity contribution in [2.45, 2.75) is 13.1 Å². The van der Waals surface area contributed by atoms with Gasteiger partial charge in [0.05, 0.1) is 5.56 Å². The molecule has 4 aromatic carbocycles. The third kappa shape index (κ3) is 3.03. The molecule has 1 amide bonds. The summed E-state index contributed by atoms with van der Waals surface area (Å²) < 4.78 is 0. The maximum absolute atomic E-state index is 13.7. The molecule has 5 rings (SSSR count). The second kappa shape index (κ2) is 7.16. The lowest BCUT2D eigenvalue weighted by atomic mass is 9.98. The van der Waals surface area contributed by atoms with E-state index in [0.717, 1.165) is 27.7 Å². The van der Waals surface area contributed by atoms with E-state index < -0.39 is 0 Å². The van der Waals surface area contributed by atoms with Gasteiger partial charge < -0.3 is 5.32 Å². The van der Waals surface area contributed by atoms with Crippen molar-refractivity contribution < 1.29 is 9.59 Å². The fraction of sp³-hybridized carbons (Fsp3) is 0.0769. The molecule has 1 aliphatic heterocycles. The molecule has 0 spiro atoms. The van der Waals surface area contributed by atoms with E-state index in [4.69, 9.17) is 0 Å². The summed E-state index contributed by atoms with van der Waals surface area (Å²) in [6.07, 6.45) is -0.380. The van der Waals surface area contributed by atoms with Gasteiger partial charge in [0.25, 0.3) is 5.91 Å². The summed E-state index contributed by atoms with van der Waals surface area (Å²) >= 11 is 0. The number of carbonyl (C=O) groups excluding carboxylic acids is 2. The van der Waals surface area contributed by atoms with Gasteiger partial charge in [0.1, 0.15) is 6.17 Å². The highest BCUT2D eigenvalue weighted by Crippen LogP contribution is 2.38. The Morgan fingerprint density at radius 1 is 0.833 bits per heavy atom. The number of amides is 1. The molecule has 4 aromatic rings. The number of benzene rings is 4. The number of Topliss-reactive ketones (excluding diaryl/α,β-unsaturated/α-hetero) is 1. The number of hydrogen-bond donors (Lipinski definition) is 1. The lowest BCUT2D eigenvalue weighted by Crippen LogP contribution is -2.43. The minimum Gasteiger partial charge on any atom is -0.360 e. The van der Waals surface area contributed by atoms with E-state index in [1.165, 1.54) is 0 Å². The molecule has 1 N–H and O–H groups in total. The number of carbonyl (C=O) groups is 2. The van der Waals surface area contributed by atoms with E-state index in [1.54, 1.807) is 11.8 Å². The van der Waals surface area contributed by atoms with Crippen molar-refractivity contribution in [3.8, 4) is 0 Å². The molecule has 0 radical (unpaired) electrons. The van der Waals surface area contributed by atoms with E-state index >= 15 is 0 Å². The first-order valence-corrected chi connectivity index (χ1v) is 9.91. The van der Waals surface area contributed by atoms with Crippen LogP contribution in [0.4, 0.5) is 11.4 Å². The fourth-order valence-electron chi connectivity index (χ4n) is 3.98. The number of nitrogens with zero attached hydrogens (tertiary/aromatic N) is 1. The second-order valence-electron chi connectivity index (χ2n) is 7.48. The topological polar surface area (TPSA) is 49.4 Å². The van der Waals surface area contributed by atoms with E-state index in [-0.39, 0.29) is 17.9 Å². The quantitative estimate of drug-likeness (QED) is 0.447. The Labute approximate surface area is 174 Å². The van der Waals surface area contributed by atoms with Crippen molar-refractivity contribution in [1.29, 1.82) is 0 Å². The zero-order valence-corrected chi connectivity index (χ0v) is 16.5. The van der Waals surface area contributed by atoms with Crippen LogP contribution in [0.2, 0.25) is 0 Å². The molecule has 4 nitrogen and oxygen atoms in total. The summed E-state index contributed by atoms with van der Waals surface area (Å²) in [4.78, 5) is 27.1. The van der Waals surface area contributed by atoms with Crippen LogP contribution in [0, 0.1) is 0 Å². The van der Waals surface area contributed by atoms with Crippen LogP contribution in [0.5, 0.6) is 0 Å². The largest absolute Gasteiger partial charge is 0.360 e. The average molecular weight is 392 g/mol. The molecule has 0 aliphatic carbocycles. The van der Waals surface area contributed by atoms with Gasteiger partial charge in [-0.1, -0.05) is 66.7 Å². The van der Waals surface area contributed by atoms with Gasteiger partial charge in [-0.05, 0) is 47.5 Å². The maximum Gasteiger partial charge on any atom is 0.262 e. The predicted molar refractivity (Wildman–Crippen MR) is 120 cm³/mol. The highest BCUT2D eigenvalue weighted by atomic mass is 16.2. The molecule has 1 unspecified atom stereocenters. The molecule has 1 heterocycles. The molecule has 146 valence electrons. The number of para-hydroxylation sites is 1. The smallest absolute Gasteiger partial charge is 0.262 e. The highest BCUT2D eigenvalue weighted by molar-refractivity contribution is 6.14. The van der Waals surface area contributed by atoms with Crippen LogP contribution in [-0.2, 0) is 0 Å². The maximum atomic E-state index is 13.7. The first-order valence-electron chi connectivity index (χ1n) is 9.91. The lowest BCUT2D eigenvalue weighted by Gasteiger charge is -2.38. The van der Waals surface area contributed by atoms with Crippen LogP contribution in [0.25, 0.3) is 10.8 Å². The van der Waals surface area contributed by atoms with Gasteiger partial charge in [-0.15, -0.1) is 0 Å². The first kappa shape index (κ1) is 18.1. The van der Waals surface area contributed by atoms with Gasteiger partial charge in [0, 0.05) is 16.9 Å². The molecular formula is C26H20N2O2. The van der Waals surface area contributed by atoms with Crippen molar-refractivity contribution in [3.63, 3.8) is 0 Å².